The molecule has 0 radical (unpaired) electrons. The number of hydrogen-bond acceptors (Lipinski definition) is 7. The van der Waals surface area contributed by atoms with Crippen molar-refractivity contribution < 1.29 is 4.79 Å². The van der Waals surface area contributed by atoms with E-state index in [2.05, 4.69) is 46.5 Å². The van der Waals surface area contributed by atoms with E-state index in [9.17, 15) is 9.59 Å². The summed E-state index contributed by atoms with van der Waals surface area (Å²) in [4.78, 5) is 39.8. The van der Waals surface area contributed by atoms with Gasteiger partial charge in [0.25, 0.3) is 11.5 Å². The number of hydrogen-bond donors (Lipinski definition) is 2. The molecule has 1 aromatic carbocycles. The predicted molar refractivity (Wildman–Crippen MR) is 148 cm³/mol. The molecule has 2 fully saturated rings. The number of carbonyl (C=O) groups is 1. The zero-order chi connectivity index (χ0) is 26.3. The molecule has 196 valence electrons. The first-order valence-corrected chi connectivity index (χ1v) is 13.2. The van der Waals surface area contributed by atoms with Crippen LogP contribution in [0.5, 0.6) is 0 Å². The van der Waals surface area contributed by atoms with Crippen molar-refractivity contribution in [3.8, 4) is 0 Å². The smallest absolute Gasteiger partial charge is 0.265 e. The van der Waals surface area contributed by atoms with Gasteiger partial charge in [0, 0.05) is 68.3 Å². The van der Waals surface area contributed by atoms with Gasteiger partial charge in [-0.1, -0.05) is 12.8 Å². The van der Waals surface area contributed by atoms with E-state index in [0.29, 0.717) is 29.2 Å². The van der Waals surface area contributed by atoms with Crippen LogP contribution in [0.15, 0.2) is 35.3 Å². The average Bonchev–Trinajstić information content (AvgIpc) is 3.38. The van der Waals surface area contributed by atoms with Gasteiger partial charge >= 0.3 is 0 Å². The standard InChI is InChI=1S/C28H37N7O2/c1-17-15-34(16-18(2)30-17)21-12-10-20(11-13-21)31-28-29-14-23-19(3)24(26(36)33(4)5)27(37)35(25(23)32-28)22-8-6-7-9-22/h10-14,17-18,22,30H,6-9,15-16H2,1-5H3,(H,29,31,32). The van der Waals surface area contributed by atoms with E-state index in [1.54, 1.807) is 24.9 Å². The minimum absolute atomic E-state index is 0.0372. The zero-order valence-electron chi connectivity index (χ0n) is 22.4. The zero-order valence-corrected chi connectivity index (χ0v) is 22.4. The number of nitrogens with zero attached hydrogens (tertiary/aromatic N) is 5. The van der Waals surface area contributed by atoms with Crippen molar-refractivity contribution in [3.05, 3.63) is 51.9 Å². The Kier molecular flexibility index (Phi) is 6.90. The Hall–Kier alpha value is -3.46. The van der Waals surface area contributed by atoms with Crippen LogP contribution in [0, 0.1) is 6.92 Å². The van der Waals surface area contributed by atoms with Crippen LogP contribution in [0.1, 0.15) is 61.5 Å². The minimum atomic E-state index is -0.285. The number of pyridine rings is 1. The largest absolute Gasteiger partial charge is 0.368 e. The molecule has 1 amide bonds. The summed E-state index contributed by atoms with van der Waals surface area (Å²) in [6.45, 7) is 8.18. The lowest BCUT2D eigenvalue weighted by molar-refractivity contribution is 0.0824. The van der Waals surface area contributed by atoms with Crippen LogP contribution in [0.2, 0.25) is 0 Å². The molecule has 2 unspecified atom stereocenters. The van der Waals surface area contributed by atoms with Crippen LogP contribution in [0.25, 0.3) is 11.0 Å². The van der Waals surface area contributed by atoms with Crippen molar-refractivity contribution in [1.29, 1.82) is 0 Å². The Morgan fingerprint density at radius 1 is 1.08 bits per heavy atom. The molecule has 2 aromatic heterocycles. The molecule has 0 bridgehead atoms. The highest BCUT2D eigenvalue weighted by Gasteiger charge is 2.28. The molecule has 3 aromatic rings. The first-order valence-electron chi connectivity index (χ1n) is 13.2. The van der Waals surface area contributed by atoms with Gasteiger partial charge in [-0.05, 0) is 63.4 Å². The third-order valence-corrected chi connectivity index (χ3v) is 7.56. The van der Waals surface area contributed by atoms with Crippen molar-refractivity contribution >= 4 is 34.3 Å². The van der Waals surface area contributed by atoms with Gasteiger partial charge in [0.1, 0.15) is 11.2 Å². The Bertz CT molecular complexity index is 1350. The molecule has 2 atom stereocenters. The van der Waals surface area contributed by atoms with Gasteiger partial charge in [0.15, 0.2) is 0 Å². The molecule has 9 heteroatoms. The molecule has 0 spiro atoms. The lowest BCUT2D eigenvalue weighted by Gasteiger charge is -2.37. The Balaban J connectivity index is 1.49. The number of benzene rings is 1. The van der Waals surface area contributed by atoms with Gasteiger partial charge in [-0.25, -0.2) is 4.98 Å². The van der Waals surface area contributed by atoms with Crippen molar-refractivity contribution in [2.45, 2.75) is 64.6 Å². The number of aromatic nitrogens is 3. The highest BCUT2D eigenvalue weighted by molar-refractivity contribution is 5.99. The van der Waals surface area contributed by atoms with E-state index in [1.165, 1.54) is 10.6 Å². The number of fused-ring (bicyclic) bond motifs is 1. The average molecular weight is 504 g/mol. The van der Waals surface area contributed by atoms with Crippen molar-refractivity contribution in [2.75, 3.05) is 37.4 Å². The molecular formula is C28H37N7O2. The summed E-state index contributed by atoms with van der Waals surface area (Å²) in [7, 11) is 3.34. The third-order valence-electron chi connectivity index (χ3n) is 7.56. The highest BCUT2D eigenvalue weighted by atomic mass is 16.2. The second-order valence-electron chi connectivity index (χ2n) is 10.8. The van der Waals surface area contributed by atoms with E-state index in [-0.39, 0.29) is 23.1 Å². The van der Waals surface area contributed by atoms with E-state index in [4.69, 9.17) is 4.98 Å². The number of piperazine rings is 1. The number of carbonyl (C=O) groups excluding carboxylic acids is 1. The van der Waals surface area contributed by atoms with Crippen LogP contribution in [0.3, 0.4) is 0 Å². The fraction of sp³-hybridized carbons (Fsp3) is 0.500. The van der Waals surface area contributed by atoms with Crippen molar-refractivity contribution in [1.82, 2.24) is 24.8 Å². The molecule has 1 saturated heterocycles. The van der Waals surface area contributed by atoms with E-state index < -0.39 is 0 Å². The summed E-state index contributed by atoms with van der Waals surface area (Å²) < 4.78 is 1.74. The van der Waals surface area contributed by atoms with Gasteiger partial charge in [0.05, 0.1) is 0 Å². The molecular weight excluding hydrogens is 466 g/mol. The van der Waals surface area contributed by atoms with E-state index in [1.807, 2.05) is 19.1 Å². The van der Waals surface area contributed by atoms with Crippen LogP contribution >= 0.6 is 0 Å². The first-order chi connectivity index (χ1) is 17.7. The molecule has 2 aliphatic rings. The molecule has 3 heterocycles. The number of amides is 1. The summed E-state index contributed by atoms with van der Waals surface area (Å²) >= 11 is 0. The quantitative estimate of drug-likeness (QED) is 0.546. The Morgan fingerprint density at radius 2 is 1.73 bits per heavy atom. The number of aryl methyl sites for hydroxylation is 1. The Morgan fingerprint density at radius 3 is 2.35 bits per heavy atom. The number of rotatable bonds is 5. The van der Waals surface area contributed by atoms with Crippen LogP contribution in [-0.4, -0.2) is 64.6 Å². The highest BCUT2D eigenvalue weighted by Crippen LogP contribution is 2.32. The van der Waals surface area contributed by atoms with Crippen LogP contribution < -0.4 is 21.1 Å². The second kappa shape index (κ2) is 10.1. The maximum absolute atomic E-state index is 13.7. The monoisotopic (exact) mass is 503 g/mol. The molecule has 5 rings (SSSR count). The fourth-order valence-corrected chi connectivity index (χ4v) is 5.79. The van der Waals surface area contributed by atoms with Gasteiger partial charge in [-0.2, -0.15) is 4.98 Å². The van der Waals surface area contributed by atoms with Gasteiger partial charge in [-0.15, -0.1) is 0 Å². The van der Waals surface area contributed by atoms with Crippen molar-refractivity contribution in [3.63, 3.8) is 0 Å². The number of nitrogens with one attached hydrogen (secondary N) is 2. The maximum Gasteiger partial charge on any atom is 0.265 e. The molecule has 2 N–H and O–H groups in total. The summed E-state index contributed by atoms with van der Waals surface area (Å²) in [5.74, 6) is 0.147. The second-order valence-corrected chi connectivity index (χ2v) is 10.8. The predicted octanol–water partition coefficient (Wildman–Crippen LogP) is 3.85. The third kappa shape index (κ3) is 4.92. The molecule has 1 saturated carbocycles. The Labute approximate surface area is 217 Å². The maximum atomic E-state index is 13.7. The van der Waals surface area contributed by atoms with Gasteiger partial charge in [0.2, 0.25) is 5.95 Å². The molecule has 1 aliphatic heterocycles. The molecule has 37 heavy (non-hydrogen) atoms. The lowest BCUT2D eigenvalue weighted by Crippen LogP contribution is -2.54. The summed E-state index contributed by atoms with van der Waals surface area (Å²) in [5, 5.41) is 7.62. The summed E-state index contributed by atoms with van der Waals surface area (Å²) in [6.07, 6.45) is 5.68. The number of anilines is 3. The van der Waals surface area contributed by atoms with Crippen LogP contribution in [0.4, 0.5) is 17.3 Å². The first kappa shape index (κ1) is 25.2. The normalized spacial score (nSPS) is 20.4. The van der Waals surface area contributed by atoms with Gasteiger partial charge in [-0.3, -0.25) is 14.2 Å². The summed E-state index contributed by atoms with van der Waals surface area (Å²) in [5.41, 5.74) is 3.23. The SMILES string of the molecule is Cc1c(C(=O)N(C)C)c(=O)n(C2CCCC2)c2nc(Nc3ccc(N4CC(C)NC(C)C4)cc3)ncc12. The lowest BCUT2D eigenvalue weighted by atomic mass is 10.1. The van der Waals surface area contributed by atoms with E-state index in [0.717, 1.165) is 49.8 Å². The topological polar surface area (TPSA) is 95.4 Å². The van der Waals surface area contributed by atoms with Crippen LogP contribution in [-0.2, 0) is 0 Å². The summed E-state index contributed by atoms with van der Waals surface area (Å²) in [6, 6.07) is 9.24. The minimum Gasteiger partial charge on any atom is -0.368 e. The molecule has 9 nitrogen and oxygen atoms in total. The van der Waals surface area contributed by atoms with Gasteiger partial charge < -0.3 is 20.4 Å². The molecule has 1 aliphatic carbocycles. The fourth-order valence-electron chi connectivity index (χ4n) is 5.79. The van der Waals surface area contributed by atoms with E-state index >= 15 is 0 Å². The van der Waals surface area contributed by atoms with Crippen molar-refractivity contribution in [2.24, 2.45) is 0 Å².